The minimum absolute atomic E-state index is 0.193. The van der Waals surface area contributed by atoms with E-state index in [0.29, 0.717) is 18.7 Å². The third-order valence-electron chi connectivity index (χ3n) is 2.43. The lowest BCUT2D eigenvalue weighted by molar-refractivity contribution is -0.143. The van der Waals surface area contributed by atoms with Crippen molar-refractivity contribution in [1.29, 1.82) is 0 Å². The van der Waals surface area contributed by atoms with E-state index in [4.69, 9.17) is 20.9 Å². The quantitative estimate of drug-likeness (QED) is 0.570. The zero-order valence-corrected chi connectivity index (χ0v) is 9.01. The van der Waals surface area contributed by atoms with E-state index >= 15 is 0 Å². The van der Waals surface area contributed by atoms with Gasteiger partial charge in [0.25, 0.3) is 5.91 Å². The van der Waals surface area contributed by atoms with E-state index in [-0.39, 0.29) is 11.3 Å². The fourth-order valence-electron chi connectivity index (χ4n) is 1.58. The third-order valence-corrected chi connectivity index (χ3v) is 2.43. The van der Waals surface area contributed by atoms with Crippen molar-refractivity contribution in [3.8, 4) is 5.75 Å². The van der Waals surface area contributed by atoms with Crippen LogP contribution in [0.4, 0.5) is 5.69 Å². The Kier molecular flexibility index (Phi) is 2.86. The highest BCUT2D eigenvalue weighted by Gasteiger charge is 2.29. The van der Waals surface area contributed by atoms with Crippen LogP contribution in [0.5, 0.6) is 5.75 Å². The lowest BCUT2D eigenvalue weighted by Gasteiger charge is -2.13. The summed E-state index contributed by atoms with van der Waals surface area (Å²) in [4.78, 5) is 22.4. The molecule has 0 radical (unpaired) electrons. The Morgan fingerprint density at radius 1 is 1.47 bits per heavy atom. The van der Waals surface area contributed by atoms with Crippen LogP contribution in [0, 0.1) is 0 Å². The number of anilines is 1. The molecule has 0 spiro atoms. The third kappa shape index (κ3) is 2.30. The van der Waals surface area contributed by atoms with Gasteiger partial charge in [0, 0.05) is 18.2 Å². The summed E-state index contributed by atoms with van der Waals surface area (Å²) in [6.45, 7) is 0.317. The molecule has 1 aliphatic rings. The monoisotopic (exact) mass is 236 g/mol. The van der Waals surface area contributed by atoms with Crippen molar-refractivity contribution in [2.24, 2.45) is 5.73 Å². The maximum Gasteiger partial charge on any atom is 0.347 e. The normalized spacial score (nSPS) is 18.8. The fraction of sp³-hybridized carbons (Fsp3) is 0.273. The van der Waals surface area contributed by atoms with Gasteiger partial charge in [-0.25, -0.2) is 4.79 Å². The Balaban J connectivity index is 2.27. The second-order valence-electron chi connectivity index (χ2n) is 3.68. The number of benzene rings is 1. The smallest absolute Gasteiger partial charge is 0.347 e. The zero-order chi connectivity index (χ0) is 12.4. The first kappa shape index (κ1) is 11.3. The first-order valence-electron chi connectivity index (χ1n) is 5.10. The number of primary amides is 1. The molecule has 6 heteroatoms. The highest BCUT2D eigenvalue weighted by atomic mass is 16.6. The van der Waals surface area contributed by atoms with Crippen LogP contribution in [0.3, 0.4) is 0 Å². The number of hydrogen-bond donors (Lipinski definition) is 2. The number of ether oxygens (including phenoxy) is 2. The van der Waals surface area contributed by atoms with Crippen LogP contribution >= 0.6 is 0 Å². The molecule has 1 aromatic rings. The molecule has 0 bridgehead atoms. The SMILES string of the molecule is NC(=O)c1ccc(N)cc1OC1CCOC1=O. The van der Waals surface area contributed by atoms with E-state index in [1.165, 1.54) is 12.1 Å². The molecule has 0 saturated carbocycles. The van der Waals surface area contributed by atoms with Gasteiger partial charge < -0.3 is 20.9 Å². The van der Waals surface area contributed by atoms with Crippen LogP contribution in [0.15, 0.2) is 18.2 Å². The number of nitrogens with two attached hydrogens (primary N) is 2. The molecule has 1 atom stereocenters. The Bertz CT molecular complexity index is 473. The number of hydrogen-bond acceptors (Lipinski definition) is 5. The maximum absolute atomic E-state index is 11.3. The summed E-state index contributed by atoms with van der Waals surface area (Å²) in [6, 6.07) is 4.47. The van der Waals surface area contributed by atoms with Gasteiger partial charge in [0.2, 0.25) is 0 Å². The molecule has 2 rings (SSSR count). The lowest BCUT2D eigenvalue weighted by Crippen LogP contribution is -2.23. The van der Waals surface area contributed by atoms with Gasteiger partial charge in [-0.15, -0.1) is 0 Å². The molecule has 1 unspecified atom stereocenters. The summed E-state index contributed by atoms with van der Waals surface area (Å²) in [7, 11) is 0. The van der Waals surface area contributed by atoms with Crippen molar-refractivity contribution in [2.45, 2.75) is 12.5 Å². The van der Waals surface area contributed by atoms with Gasteiger partial charge in [-0.05, 0) is 12.1 Å². The van der Waals surface area contributed by atoms with Crippen LogP contribution < -0.4 is 16.2 Å². The summed E-state index contributed by atoms with van der Waals surface area (Å²) in [6.07, 6.45) is -0.249. The standard InChI is InChI=1S/C11H12N2O4/c12-6-1-2-7(10(13)14)9(5-6)17-8-3-4-16-11(8)15/h1-2,5,8H,3-4,12H2,(H2,13,14). The van der Waals surface area contributed by atoms with Crippen LogP contribution in [0.25, 0.3) is 0 Å². The Hall–Kier alpha value is -2.24. The van der Waals surface area contributed by atoms with Crippen molar-refractivity contribution >= 4 is 17.6 Å². The molecule has 17 heavy (non-hydrogen) atoms. The first-order valence-corrected chi connectivity index (χ1v) is 5.10. The van der Waals surface area contributed by atoms with Gasteiger partial charge in [-0.2, -0.15) is 0 Å². The van der Waals surface area contributed by atoms with E-state index in [0.717, 1.165) is 0 Å². The van der Waals surface area contributed by atoms with E-state index < -0.39 is 18.0 Å². The molecule has 6 nitrogen and oxygen atoms in total. The topological polar surface area (TPSA) is 105 Å². The summed E-state index contributed by atoms with van der Waals surface area (Å²) in [5, 5.41) is 0. The Morgan fingerprint density at radius 2 is 2.24 bits per heavy atom. The molecule has 4 N–H and O–H groups in total. The van der Waals surface area contributed by atoms with Gasteiger partial charge in [0.05, 0.1) is 12.2 Å². The van der Waals surface area contributed by atoms with Gasteiger partial charge in [-0.3, -0.25) is 4.79 Å². The van der Waals surface area contributed by atoms with Crippen LogP contribution in [0.1, 0.15) is 16.8 Å². The number of rotatable bonds is 3. The first-order chi connectivity index (χ1) is 8.08. The summed E-state index contributed by atoms with van der Waals surface area (Å²) < 4.78 is 10.2. The molecular weight excluding hydrogens is 224 g/mol. The second kappa shape index (κ2) is 4.32. The maximum atomic E-state index is 11.3. The number of esters is 1. The van der Waals surface area contributed by atoms with Crippen molar-refractivity contribution in [1.82, 2.24) is 0 Å². The predicted molar refractivity (Wildman–Crippen MR) is 59.4 cm³/mol. The molecule has 1 saturated heterocycles. The lowest BCUT2D eigenvalue weighted by atomic mass is 10.1. The van der Waals surface area contributed by atoms with Crippen molar-refractivity contribution in [2.75, 3.05) is 12.3 Å². The molecule has 1 heterocycles. The highest BCUT2D eigenvalue weighted by molar-refractivity contribution is 5.96. The number of amides is 1. The van der Waals surface area contributed by atoms with E-state index in [1.807, 2.05) is 0 Å². The van der Waals surface area contributed by atoms with Crippen LogP contribution in [-0.2, 0) is 9.53 Å². The van der Waals surface area contributed by atoms with E-state index in [1.54, 1.807) is 6.07 Å². The minimum atomic E-state index is -0.699. The second-order valence-corrected chi connectivity index (χ2v) is 3.68. The fourth-order valence-corrected chi connectivity index (χ4v) is 1.58. The Labute approximate surface area is 97.5 Å². The predicted octanol–water partition coefficient (Wildman–Crippen LogP) is 0.0620. The average molecular weight is 236 g/mol. The van der Waals surface area contributed by atoms with Gasteiger partial charge >= 0.3 is 5.97 Å². The summed E-state index contributed by atoms with van der Waals surface area (Å²) in [5.74, 6) is -0.865. The number of nitrogen functional groups attached to an aromatic ring is 1. The summed E-state index contributed by atoms with van der Waals surface area (Å²) >= 11 is 0. The molecule has 1 aromatic carbocycles. The van der Waals surface area contributed by atoms with Gasteiger partial charge in [-0.1, -0.05) is 0 Å². The molecule has 0 aromatic heterocycles. The van der Waals surface area contributed by atoms with E-state index in [9.17, 15) is 9.59 Å². The summed E-state index contributed by atoms with van der Waals surface area (Å²) in [5.41, 5.74) is 11.4. The molecule has 1 aliphatic heterocycles. The molecule has 0 aliphatic carbocycles. The van der Waals surface area contributed by atoms with Crippen LogP contribution in [-0.4, -0.2) is 24.6 Å². The largest absolute Gasteiger partial charge is 0.478 e. The van der Waals surface area contributed by atoms with E-state index in [2.05, 4.69) is 0 Å². The number of carbonyl (C=O) groups is 2. The van der Waals surface area contributed by atoms with Gasteiger partial charge in [0.15, 0.2) is 6.10 Å². The zero-order valence-electron chi connectivity index (χ0n) is 9.01. The van der Waals surface area contributed by atoms with Crippen molar-refractivity contribution < 1.29 is 19.1 Å². The Morgan fingerprint density at radius 3 is 2.82 bits per heavy atom. The molecule has 1 amide bonds. The molecular formula is C11H12N2O4. The molecule has 1 fully saturated rings. The average Bonchev–Trinajstić information content (AvgIpc) is 2.64. The van der Waals surface area contributed by atoms with Crippen molar-refractivity contribution in [3.63, 3.8) is 0 Å². The van der Waals surface area contributed by atoms with Crippen molar-refractivity contribution in [3.05, 3.63) is 23.8 Å². The van der Waals surface area contributed by atoms with Gasteiger partial charge in [0.1, 0.15) is 5.75 Å². The highest BCUT2D eigenvalue weighted by Crippen LogP contribution is 2.24. The number of carbonyl (C=O) groups excluding carboxylic acids is 2. The minimum Gasteiger partial charge on any atom is -0.478 e. The van der Waals surface area contributed by atoms with Crippen LogP contribution in [0.2, 0.25) is 0 Å². The number of cyclic esters (lactones) is 1. The molecule has 90 valence electrons.